The van der Waals surface area contributed by atoms with Gasteiger partial charge in [0.2, 0.25) is 0 Å². The third kappa shape index (κ3) is 2.67. The lowest BCUT2D eigenvalue weighted by Gasteiger charge is -2.03. The predicted octanol–water partition coefficient (Wildman–Crippen LogP) is 2.15. The van der Waals surface area contributed by atoms with Crippen LogP contribution in [0.15, 0.2) is 30.5 Å². The molecular weight excluding hydrogens is 205 g/mol. The molecule has 0 aliphatic carbocycles. The molecule has 2 rings (SSSR count). The molecule has 0 unspecified atom stereocenters. The molecule has 1 aromatic carbocycles. The molecule has 0 saturated carbocycles. The number of hydrogen-bond donors (Lipinski definition) is 2. The highest BCUT2D eigenvalue weighted by atomic mass is 19.1. The maximum Gasteiger partial charge on any atom is 0.127 e. The van der Waals surface area contributed by atoms with Gasteiger partial charge in [-0.15, -0.1) is 0 Å². The van der Waals surface area contributed by atoms with Crippen molar-refractivity contribution in [2.45, 2.75) is 20.0 Å². The van der Waals surface area contributed by atoms with Crippen molar-refractivity contribution in [3.05, 3.63) is 53.4 Å². The number of imidazole rings is 1. The average molecular weight is 219 g/mol. The first-order valence-corrected chi connectivity index (χ1v) is 5.20. The van der Waals surface area contributed by atoms with Crippen LogP contribution in [-0.2, 0) is 13.1 Å². The van der Waals surface area contributed by atoms with Crippen LogP contribution in [0, 0.1) is 12.7 Å². The highest BCUT2D eigenvalue weighted by Gasteiger charge is 2.01. The van der Waals surface area contributed by atoms with Crippen LogP contribution in [0.2, 0.25) is 0 Å². The summed E-state index contributed by atoms with van der Waals surface area (Å²) in [6, 6.07) is 6.76. The Hall–Kier alpha value is -1.68. The first kappa shape index (κ1) is 10.8. The number of halogens is 1. The van der Waals surface area contributed by atoms with E-state index < -0.39 is 0 Å². The minimum absolute atomic E-state index is 0.175. The summed E-state index contributed by atoms with van der Waals surface area (Å²) in [5.41, 5.74) is 1.70. The van der Waals surface area contributed by atoms with Crippen molar-refractivity contribution in [2.24, 2.45) is 0 Å². The van der Waals surface area contributed by atoms with E-state index in [1.165, 1.54) is 6.07 Å². The Balaban J connectivity index is 1.87. The van der Waals surface area contributed by atoms with Crippen molar-refractivity contribution in [3.8, 4) is 0 Å². The van der Waals surface area contributed by atoms with Gasteiger partial charge in [-0.1, -0.05) is 18.2 Å². The van der Waals surface area contributed by atoms with Crippen molar-refractivity contribution >= 4 is 0 Å². The van der Waals surface area contributed by atoms with Crippen LogP contribution in [0.25, 0.3) is 0 Å². The Morgan fingerprint density at radius 3 is 2.81 bits per heavy atom. The molecule has 2 N–H and O–H groups in total. The van der Waals surface area contributed by atoms with Gasteiger partial charge in [-0.05, 0) is 13.0 Å². The van der Waals surface area contributed by atoms with Crippen LogP contribution in [0.5, 0.6) is 0 Å². The number of hydrogen-bond acceptors (Lipinski definition) is 2. The summed E-state index contributed by atoms with van der Waals surface area (Å²) in [6.07, 6.45) is 1.78. The quantitative estimate of drug-likeness (QED) is 0.827. The Bertz CT molecular complexity index is 465. The third-order valence-corrected chi connectivity index (χ3v) is 2.32. The van der Waals surface area contributed by atoms with Crippen molar-refractivity contribution in [1.29, 1.82) is 0 Å². The van der Waals surface area contributed by atoms with Gasteiger partial charge in [0.1, 0.15) is 11.6 Å². The lowest BCUT2D eigenvalue weighted by molar-refractivity contribution is 0.583. The minimum atomic E-state index is -0.175. The summed E-state index contributed by atoms with van der Waals surface area (Å²) in [6.45, 7) is 3.07. The molecule has 0 radical (unpaired) electrons. The van der Waals surface area contributed by atoms with Gasteiger partial charge in [0.05, 0.1) is 6.54 Å². The van der Waals surface area contributed by atoms with Crippen LogP contribution in [0.3, 0.4) is 0 Å². The summed E-state index contributed by atoms with van der Waals surface area (Å²) in [4.78, 5) is 7.27. The summed E-state index contributed by atoms with van der Waals surface area (Å²) in [7, 11) is 0. The second-order valence-electron chi connectivity index (χ2n) is 3.71. The summed E-state index contributed by atoms with van der Waals surface area (Å²) < 4.78 is 13.3. The minimum Gasteiger partial charge on any atom is -0.345 e. The fourth-order valence-corrected chi connectivity index (χ4v) is 1.51. The van der Waals surface area contributed by atoms with E-state index in [0.29, 0.717) is 18.7 Å². The number of aromatic amines is 1. The maximum atomic E-state index is 13.3. The number of rotatable bonds is 4. The van der Waals surface area contributed by atoms with Crippen molar-refractivity contribution in [1.82, 2.24) is 15.3 Å². The van der Waals surface area contributed by atoms with Crippen LogP contribution in [0.4, 0.5) is 4.39 Å². The van der Waals surface area contributed by atoms with E-state index in [4.69, 9.17) is 0 Å². The molecule has 2 aromatic rings. The Morgan fingerprint density at radius 1 is 1.31 bits per heavy atom. The average Bonchev–Trinajstić information content (AvgIpc) is 2.67. The van der Waals surface area contributed by atoms with Gasteiger partial charge in [-0.3, -0.25) is 0 Å². The molecular formula is C12H14FN3. The molecule has 0 aliphatic heterocycles. The lowest BCUT2D eigenvalue weighted by atomic mass is 10.2. The number of aryl methyl sites for hydroxylation is 1. The topological polar surface area (TPSA) is 40.7 Å². The molecule has 4 heteroatoms. The van der Waals surface area contributed by atoms with E-state index in [1.54, 1.807) is 18.3 Å². The monoisotopic (exact) mass is 219 g/mol. The second-order valence-corrected chi connectivity index (χ2v) is 3.71. The highest BCUT2D eigenvalue weighted by Crippen LogP contribution is 2.05. The van der Waals surface area contributed by atoms with Crippen molar-refractivity contribution in [2.75, 3.05) is 0 Å². The zero-order valence-corrected chi connectivity index (χ0v) is 9.13. The molecule has 0 aliphatic rings. The predicted molar refractivity (Wildman–Crippen MR) is 60.3 cm³/mol. The molecule has 3 nitrogen and oxygen atoms in total. The van der Waals surface area contributed by atoms with E-state index in [1.807, 2.05) is 13.0 Å². The van der Waals surface area contributed by atoms with Crippen LogP contribution in [0.1, 0.15) is 17.1 Å². The van der Waals surface area contributed by atoms with Gasteiger partial charge in [0.25, 0.3) is 0 Å². The highest BCUT2D eigenvalue weighted by molar-refractivity contribution is 5.16. The summed E-state index contributed by atoms with van der Waals surface area (Å²) in [5, 5.41) is 3.14. The van der Waals surface area contributed by atoms with E-state index in [2.05, 4.69) is 15.3 Å². The molecule has 0 spiro atoms. The maximum absolute atomic E-state index is 13.3. The van der Waals surface area contributed by atoms with Gasteiger partial charge < -0.3 is 10.3 Å². The molecule has 0 fully saturated rings. The number of nitrogens with one attached hydrogen (secondary N) is 2. The van der Waals surface area contributed by atoms with E-state index >= 15 is 0 Å². The molecule has 0 saturated heterocycles. The normalized spacial score (nSPS) is 10.6. The van der Waals surface area contributed by atoms with Crippen molar-refractivity contribution < 1.29 is 4.39 Å². The van der Waals surface area contributed by atoms with Crippen LogP contribution >= 0.6 is 0 Å². The number of nitrogens with zero attached hydrogens (tertiary/aromatic N) is 1. The fourth-order valence-electron chi connectivity index (χ4n) is 1.51. The number of H-pyrrole nitrogens is 1. The Kier molecular flexibility index (Phi) is 3.31. The third-order valence-electron chi connectivity index (χ3n) is 2.32. The van der Waals surface area contributed by atoms with Gasteiger partial charge in [0, 0.05) is 24.0 Å². The van der Waals surface area contributed by atoms with Gasteiger partial charge in [-0.25, -0.2) is 9.37 Å². The van der Waals surface area contributed by atoms with Crippen LogP contribution < -0.4 is 5.32 Å². The molecule has 0 atom stereocenters. The molecule has 0 bridgehead atoms. The molecule has 1 heterocycles. The summed E-state index contributed by atoms with van der Waals surface area (Å²) in [5.74, 6) is 0.694. The largest absolute Gasteiger partial charge is 0.345 e. The molecule has 1 aromatic heterocycles. The number of benzene rings is 1. The zero-order valence-electron chi connectivity index (χ0n) is 9.13. The fraction of sp³-hybridized carbons (Fsp3) is 0.250. The smallest absolute Gasteiger partial charge is 0.127 e. The van der Waals surface area contributed by atoms with Crippen LogP contribution in [-0.4, -0.2) is 9.97 Å². The van der Waals surface area contributed by atoms with E-state index in [0.717, 1.165) is 11.5 Å². The van der Waals surface area contributed by atoms with Gasteiger partial charge in [0.15, 0.2) is 0 Å². The first-order chi connectivity index (χ1) is 7.75. The van der Waals surface area contributed by atoms with Crippen molar-refractivity contribution in [3.63, 3.8) is 0 Å². The second kappa shape index (κ2) is 4.90. The first-order valence-electron chi connectivity index (χ1n) is 5.20. The van der Waals surface area contributed by atoms with E-state index in [-0.39, 0.29) is 5.82 Å². The number of aromatic nitrogens is 2. The molecule has 16 heavy (non-hydrogen) atoms. The van der Waals surface area contributed by atoms with Gasteiger partial charge in [-0.2, -0.15) is 0 Å². The summed E-state index contributed by atoms with van der Waals surface area (Å²) >= 11 is 0. The Morgan fingerprint density at radius 2 is 2.12 bits per heavy atom. The zero-order chi connectivity index (χ0) is 11.4. The standard InChI is InChI=1S/C12H14FN3/c1-9-6-15-12(16-9)8-14-7-10-4-2-3-5-11(10)13/h2-6,14H,7-8H2,1H3,(H,15,16). The van der Waals surface area contributed by atoms with E-state index in [9.17, 15) is 4.39 Å². The molecule has 84 valence electrons. The Labute approximate surface area is 93.7 Å². The van der Waals surface area contributed by atoms with Gasteiger partial charge >= 0.3 is 0 Å². The SMILES string of the molecule is Cc1cnc(CNCc2ccccc2F)[nH]1. The lowest BCUT2D eigenvalue weighted by Crippen LogP contribution is -2.14. The molecule has 0 amide bonds.